The van der Waals surface area contributed by atoms with E-state index in [4.69, 9.17) is 16.3 Å². The summed E-state index contributed by atoms with van der Waals surface area (Å²) in [5.41, 5.74) is 1.20. The van der Waals surface area contributed by atoms with E-state index in [-0.39, 0.29) is 11.1 Å². The van der Waals surface area contributed by atoms with Crippen molar-refractivity contribution in [2.75, 3.05) is 0 Å². The van der Waals surface area contributed by atoms with Crippen LogP contribution in [0.2, 0.25) is 5.02 Å². The second kappa shape index (κ2) is 9.08. The standard InChI is InChI=1S/C19H18BrClFN3OS/c1-3-25-18(12(2)26-17-8-7-15(22)10-16(17)21)23-24-19(25)27-11-13-5-4-6-14(20)9-13/h4-10,12H,3,11H2,1-2H3. The summed E-state index contributed by atoms with van der Waals surface area (Å²) in [7, 11) is 0. The monoisotopic (exact) mass is 469 g/mol. The first-order chi connectivity index (χ1) is 13.0. The molecule has 1 atom stereocenters. The molecule has 2 aromatic carbocycles. The first-order valence-corrected chi connectivity index (χ1v) is 10.6. The molecule has 1 unspecified atom stereocenters. The topological polar surface area (TPSA) is 39.9 Å². The van der Waals surface area contributed by atoms with E-state index in [1.807, 2.05) is 30.5 Å². The Balaban J connectivity index is 1.74. The highest BCUT2D eigenvalue weighted by molar-refractivity contribution is 9.10. The molecule has 142 valence electrons. The number of ether oxygens (including phenoxy) is 1. The van der Waals surface area contributed by atoms with Crippen LogP contribution >= 0.6 is 39.3 Å². The molecule has 8 heteroatoms. The van der Waals surface area contributed by atoms with Crippen molar-refractivity contribution in [1.29, 1.82) is 0 Å². The summed E-state index contributed by atoms with van der Waals surface area (Å²) in [5.74, 6) is 1.51. The van der Waals surface area contributed by atoms with Crippen LogP contribution in [0.5, 0.6) is 5.75 Å². The molecule has 0 aliphatic heterocycles. The molecule has 0 N–H and O–H groups in total. The van der Waals surface area contributed by atoms with Gasteiger partial charge in [0.1, 0.15) is 11.6 Å². The average Bonchev–Trinajstić information content (AvgIpc) is 3.05. The molecule has 0 saturated carbocycles. The third-order valence-corrected chi connectivity index (χ3v) is 5.71. The van der Waals surface area contributed by atoms with Gasteiger partial charge in [0, 0.05) is 16.8 Å². The molecule has 1 heterocycles. The molecular weight excluding hydrogens is 453 g/mol. The fourth-order valence-electron chi connectivity index (χ4n) is 2.59. The minimum absolute atomic E-state index is 0.230. The number of nitrogens with zero attached hydrogens (tertiary/aromatic N) is 3. The van der Waals surface area contributed by atoms with E-state index in [1.54, 1.807) is 11.8 Å². The molecule has 0 bridgehead atoms. The van der Waals surface area contributed by atoms with Crippen molar-refractivity contribution in [3.63, 3.8) is 0 Å². The summed E-state index contributed by atoms with van der Waals surface area (Å²) in [4.78, 5) is 0. The minimum atomic E-state index is -0.400. The molecular formula is C19H18BrClFN3OS. The molecule has 1 aromatic heterocycles. The Bertz CT molecular complexity index is 937. The van der Waals surface area contributed by atoms with Gasteiger partial charge in [0.15, 0.2) is 17.1 Å². The van der Waals surface area contributed by atoms with Gasteiger partial charge in [-0.25, -0.2) is 4.39 Å². The second-order valence-corrected chi connectivity index (χ2v) is 8.10. The summed E-state index contributed by atoms with van der Waals surface area (Å²) >= 11 is 11.2. The Kier molecular flexibility index (Phi) is 6.78. The zero-order valence-electron chi connectivity index (χ0n) is 14.8. The van der Waals surface area contributed by atoms with E-state index in [0.717, 1.165) is 15.4 Å². The predicted molar refractivity (Wildman–Crippen MR) is 110 cm³/mol. The van der Waals surface area contributed by atoms with Gasteiger partial charge in [-0.05, 0) is 49.7 Å². The third kappa shape index (κ3) is 5.03. The van der Waals surface area contributed by atoms with Gasteiger partial charge in [-0.15, -0.1) is 10.2 Å². The van der Waals surface area contributed by atoms with Crippen LogP contribution in [0.1, 0.15) is 31.3 Å². The van der Waals surface area contributed by atoms with Crippen molar-refractivity contribution >= 4 is 39.3 Å². The van der Waals surface area contributed by atoms with Gasteiger partial charge in [-0.3, -0.25) is 0 Å². The van der Waals surface area contributed by atoms with Gasteiger partial charge >= 0.3 is 0 Å². The molecule has 0 fully saturated rings. The zero-order chi connectivity index (χ0) is 19.4. The maximum absolute atomic E-state index is 13.2. The lowest BCUT2D eigenvalue weighted by atomic mass is 10.2. The van der Waals surface area contributed by atoms with Gasteiger partial charge in [0.05, 0.1) is 5.02 Å². The van der Waals surface area contributed by atoms with E-state index in [0.29, 0.717) is 18.1 Å². The highest BCUT2D eigenvalue weighted by Crippen LogP contribution is 2.31. The van der Waals surface area contributed by atoms with Gasteiger partial charge < -0.3 is 9.30 Å². The van der Waals surface area contributed by atoms with Crippen LogP contribution in [-0.4, -0.2) is 14.8 Å². The van der Waals surface area contributed by atoms with Crippen LogP contribution in [0.15, 0.2) is 52.1 Å². The predicted octanol–water partition coefficient (Wildman–Crippen LogP) is 6.29. The quantitative estimate of drug-likeness (QED) is 0.381. The van der Waals surface area contributed by atoms with Crippen LogP contribution in [0.4, 0.5) is 4.39 Å². The molecule has 0 amide bonds. The smallest absolute Gasteiger partial charge is 0.191 e. The van der Waals surface area contributed by atoms with Crippen LogP contribution < -0.4 is 4.74 Å². The van der Waals surface area contributed by atoms with Crippen molar-refractivity contribution < 1.29 is 9.13 Å². The van der Waals surface area contributed by atoms with E-state index < -0.39 is 5.82 Å². The summed E-state index contributed by atoms with van der Waals surface area (Å²) < 4.78 is 22.2. The largest absolute Gasteiger partial charge is 0.481 e. The second-order valence-electron chi connectivity index (χ2n) is 5.84. The summed E-state index contributed by atoms with van der Waals surface area (Å²) in [6, 6.07) is 12.2. The number of rotatable bonds is 7. The van der Waals surface area contributed by atoms with Gasteiger partial charge in [0.2, 0.25) is 0 Å². The lowest BCUT2D eigenvalue weighted by Crippen LogP contribution is -2.12. The fourth-order valence-corrected chi connectivity index (χ4v) is 4.20. The number of thioether (sulfide) groups is 1. The Labute approximate surface area is 175 Å². The normalized spacial score (nSPS) is 12.2. The molecule has 4 nitrogen and oxygen atoms in total. The molecule has 0 aliphatic carbocycles. The highest BCUT2D eigenvalue weighted by Gasteiger charge is 2.19. The first-order valence-electron chi connectivity index (χ1n) is 8.40. The fraction of sp³-hybridized carbons (Fsp3) is 0.263. The van der Waals surface area contributed by atoms with Crippen LogP contribution in [0, 0.1) is 5.82 Å². The Hall–Kier alpha value is -1.57. The molecule has 0 radical (unpaired) electrons. The molecule has 0 saturated heterocycles. The van der Waals surface area contributed by atoms with Gasteiger partial charge in [0.25, 0.3) is 0 Å². The number of aromatic nitrogens is 3. The SMILES string of the molecule is CCn1c(SCc2cccc(Br)c2)nnc1C(C)Oc1ccc(F)cc1Cl. The Morgan fingerprint density at radius 1 is 1.26 bits per heavy atom. The highest BCUT2D eigenvalue weighted by atomic mass is 79.9. The summed E-state index contributed by atoms with van der Waals surface area (Å²) in [6.45, 7) is 4.63. The van der Waals surface area contributed by atoms with Crippen LogP contribution in [0.25, 0.3) is 0 Å². The molecule has 0 aliphatic rings. The maximum Gasteiger partial charge on any atom is 0.191 e. The van der Waals surface area contributed by atoms with Crippen molar-refractivity contribution in [1.82, 2.24) is 14.8 Å². The lowest BCUT2D eigenvalue weighted by molar-refractivity contribution is 0.210. The van der Waals surface area contributed by atoms with E-state index >= 15 is 0 Å². The van der Waals surface area contributed by atoms with Crippen molar-refractivity contribution in [3.05, 3.63) is 69.2 Å². The molecule has 0 spiro atoms. The van der Waals surface area contributed by atoms with E-state index in [9.17, 15) is 4.39 Å². The Morgan fingerprint density at radius 3 is 2.78 bits per heavy atom. The minimum Gasteiger partial charge on any atom is -0.481 e. The number of benzene rings is 2. The molecule has 3 rings (SSSR count). The zero-order valence-corrected chi connectivity index (χ0v) is 18.0. The number of halogens is 3. The van der Waals surface area contributed by atoms with Crippen molar-refractivity contribution in [2.45, 2.75) is 37.4 Å². The maximum atomic E-state index is 13.2. The summed E-state index contributed by atoms with van der Waals surface area (Å²) in [6.07, 6.45) is -0.374. The average molecular weight is 471 g/mol. The lowest BCUT2D eigenvalue weighted by Gasteiger charge is -2.16. The first kappa shape index (κ1) is 20.2. The van der Waals surface area contributed by atoms with Crippen LogP contribution in [-0.2, 0) is 12.3 Å². The van der Waals surface area contributed by atoms with Gasteiger partial charge in [-0.1, -0.05) is 51.4 Å². The van der Waals surface area contributed by atoms with E-state index in [1.165, 1.54) is 23.8 Å². The van der Waals surface area contributed by atoms with Crippen molar-refractivity contribution in [2.24, 2.45) is 0 Å². The van der Waals surface area contributed by atoms with Crippen molar-refractivity contribution in [3.8, 4) is 5.75 Å². The van der Waals surface area contributed by atoms with E-state index in [2.05, 4.69) is 38.3 Å². The number of hydrogen-bond acceptors (Lipinski definition) is 4. The summed E-state index contributed by atoms with van der Waals surface area (Å²) in [5, 5.41) is 9.67. The van der Waals surface area contributed by atoms with Gasteiger partial charge in [-0.2, -0.15) is 0 Å². The molecule has 3 aromatic rings. The Morgan fingerprint density at radius 2 is 2.07 bits per heavy atom. The van der Waals surface area contributed by atoms with Crippen LogP contribution in [0.3, 0.4) is 0 Å². The number of hydrogen-bond donors (Lipinski definition) is 0. The third-order valence-electron chi connectivity index (χ3n) is 3.88. The molecule has 27 heavy (non-hydrogen) atoms.